The maximum absolute atomic E-state index is 12.9. The number of nitrogens with zero attached hydrogens (tertiary/aromatic N) is 7. The second-order valence-corrected chi connectivity index (χ2v) is 8.65. The summed E-state index contributed by atoms with van der Waals surface area (Å²) in [6.07, 6.45) is 7.03. The lowest BCUT2D eigenvalue weighted by atomic mass is 10.2. The number of hydrogen-bond acceptors (Lipinski definition) is 8. The lowest BCUT2D eigenvalue weighted by Crippen LogP contribution is -2.42. The predicted octanol–water partition coefficient (Wildman–Crippen LogP) is 2.23. The third kappa shape index (κ3) is 4.43. The van der Waals surface area contributed by atoms with Crippen LogP contribution in [0.5, 0.6) is 0 Å². The molecular formula is C23H30N8O2. The molecule has 0 bridgehead atoms. The zero-order chi connectivity index (χ0) is 22.8. The average Bonchev–Trinajstić information content (AvgIpc) is 3.24. The molecule has 5 rings (SSSR count). The number of rotatable bonds is 5. The summed E-state index contributed by atoms with van der Waals surface area (Å²) in [5, 5.41) is 6.27. The number of fused-ring (bicyclic) bond motifs is 1. The van der Waals surface area contributed by atoms with Crippen LogP contribution >= 0.6 is 0 Å². The smallest absolute Gasteiger partial charge is 0.272 e. The minimum absolute atomic E-state index is 0.0477. The number of piperidine rings is 1. The number of hydrogen-bond donors (Lipinski definition) is 1. The molecule has 0 unspecified atom stereocenters. The normalized spacial score (nSPS) is 16.8. The van der Waals surface area contributed by atoms with Crippen molar-refractivity contribution in [3.05, 3.63) is 36.3 Å². The number of carbonyl (C=O) groups excluding carboxylic acids is 1. The Labute approximate surface area is 193 Å². The molecule has 2 aliphatic heterocycles. The van der Waals surface area contributed by atoms with Gasteiger partial charge in [-0.25, -0.2) is 14.6 Å². The first-order valence-electron chi connectivity index (χ1n) is 11.5. The number of nitrogens with one attached hydrogen (secondary N) is 1. The SMILES string of the molecule is CN(C)C(=O)c1cc2cnc(Nc3ccc(N4CCOCC4)cn3)nc2n1N1CCCCC1. The lowest BCUT2D eigenvalue weighted by molar-refractivity contribution is 0.0816. The van der Waals surface area contributed by atoms with E-state index in [-0.39, 0.29) is 5.91 Å². The summed E-state index contributed by atoms with van der Waals surface area (Å²) >= 11 is 0. The highest BCUT2D eigenvalue weighted by Crippen LogP contribution is 2.24. The average molecular weight is 451 g/mol. The van der Waals surface area contributed by atoms with Crippen LogP contribution in [0.15, 0.2) is 30.6 Å². The van der Waals surface area contributed by atoms with E-state index in [0.717, 1.165) is 69.0 Å². The molecule has 0 atom stereocenters. The Morgan fingerprint density at radius 2 is 1.82 bits per heavy atom. The van der Waals surface area contributed by atoms with Crippen LogP contribution in [0.25, 0.3) is 11.0 Å². The molecule has 0 aliphatic carbocycles. The van der Waals surface area contributed by atoms with Gasteiger partial charge in [-0.3, -0.25) is 4.79 Å². The van der Waals surface area contributed by atoms with Gasteiger partial charge in [-0.2, -0.15) is 4.98 Å². The van der Waals surface area contributed by atoms with Crippen LogP contribution in [0.1, 0.15) is 29.8 Å². The Kier molecular flexibility index (Phi) is 5.99. The Bertz CT molecular complexity index is 1120. The highest BCUT2D eigenvalue weighted by Gasteiger charge is 2.24. The van der Waals surface area contributed by atoms with Crippen molar-refractivity contribution in [3.8, 4) is 0 Å². The molecule has 3 aromatic rings. The molecule has 0 aromatic carbocycles. The van der Waals surface area contributed by atoms with E-state index in [0.29, 0.717) is 17.5 Å². The molecular weight excluding hydrogens is 420 g/mol. The number of anilines is 3. The molecule has 10 nitrogen and oxygen atoms in total. The predicted molar refractivity (Wildman–Crippen MR) is 128 cm³/mol. The molecule has 10 heteroatoms. The topological polar surface area (TPSA) is 91.6 Å². The second kappa shape index (κ2) is 9.22. The van der Waals surface area contributed by atoms with Crippen molar-refractivity contribution in [1.82, 2.24) is 24.5 Å². The quantitative estimate of drug-likeness (QED) is 0.633. The van der Waals surface area contributed by atoms with Gasteiger partial charge in [0.05, 0.1) is 25.1 Å². The van der Waals surface area contributed by atoms with Crippen LogP contribution in [0.2, 0.25) is 0 Å². The first-order valence-corrected chi connectivity index (χ1v) is 11.5. The molecule has 0 radical (unpaired) electrons. The molecule has 0 saturated carbocycles. The first kappa shape index (κ1) is 21.4. The Balaban J connectivity index is 1.44. The van der Waals surface area contributed by atoms with Gasteiger partial charge in [-0.05, 0) is 37.5 Å². The number of pyridine rings is 1. The minimum atomic E-state index is -0.0477. The molecule has 3 aromatic heterocycles. The molecule has 2 aliphatic rings. The molecule has 2 saturated heterocycles. The van der Waals surface area contributed by atoms with Crippen molar-refractivity contribution in [1.29, 1.82) is 0 Å². The van der Waals surface area contributed by atoms with Crippen molar-refractivity contribution < 1.29 is 9.53 Å². The molecule has 2 fully saturated rings. The number of amides is 1. The van der Waals surface area contributed by atoms with Gasteiger partial charge in [0.2, 0.25) is 5.95 Å². The van der Waals surface area contributed by atoms with Gasteiger partial charge < -0.3 is 24.9 Å². The maximum atomic E-state index is 12.9. The van der Waals surface area contributed by atoms with Crippen LogP contribution in [-0.2, 0) is 4.74 Å². The monoisotopic (exact) mass is 450 g/mol. The number of carbonyl (C=O) groups is 1. The molecule has 0 spiro atoms. The van der Waals surface area contributed by atoms with Crippen LogP contribution in [-0.4, -0.2) is 83.9 Å². The number of morpholine rings is 1. The highest BCUT2D eigenvalue weighted by molar-refractivity contribution is 5.98. The van der Waals surface area contributed by atoms with Crippen molar-refractivity contribution in [2.24, 2.45) is 0 Å². The number of aromatic nitrogens is 4. The minimum Gasteiger partial charge on any atom is -0.378 e. The first-order chi connectivity index (χ1) is 16.1. The standard InChI is InChI=1S/C23H30N8O2/c1-28(2)22(32)19-14-17-15-25-23(27-21(17)31(19)30-8-4-3-5-9-30)26-20-7-6-18(16-24-20)29-10-12-33-13-11-29/h6-7,14-16H,3-5,8-13H2,1-2H3,(H,24,25,26,27). The third-order valence-electron chi connectivity index (χ3n) is 6.12. The lowest BCUT2D eigenvalue weighted by Gasteiger charge is -2.31. The van der Waals surface area contributed by atoms with Crippen LogP contribution < -0.4 is 15.2 Å². The molecule has 5 heterocycles. The van der Waals surface area contributed by atoms with Crippen molar-refractivity contribution >= 4 is 34.4 Å². The van der Waals surface area contributed by atoms with Gasteiger partial charge in [0.25, 0.3) is 5.91 Å². The van der Waals surface area contributed by atoms with Gasteiger partial charge in [-0.1, -0.05) is 0 Å². The Morgan fingerprint density at radius 3 is 2.52 bits per heavy atom. The van der Waals surface area contributed by atoms with E-state index in [2.05, 4.69) is 25.2 Å². The summed E-state index contributed by atoms with van der Waals surface area (Å²) in [7, 11) is 3.54. The fourth-order valence-electron chi connectivity index (χ4n) is 4.36. The Morgan fingerprint density at radius 1 is 1.03 bits per heavy atom. The van der Waals surface area contributed by atoms with Crippen molar-refractivity contribution in [2.75, 3.05) is 68.7 Å². The van der Waals surface area contributed by atoms with E-state index in [9.17, 15) is 4.79 Å². The zero-order valence-corrected chi connectivity index (χ0v) is 19.2. The fourth-order valence-corrected chi connectivity index (χ4v) is 4.36. The van der Waals surface area contributed by atoms with Gasteiger partial charge in [0, 0.05) is 51.9 Å². The fraction of sp³-hybridized carbons (Fsp3) is 0.478. The Hall–Kier alpha value is -3.40. The van der Waals surface area contributed by atoms with E-state index in [4.69, 9.17) is 9.72 Å². The third-order valence-corrected chi connectivity index (χ3v) is 6.12. The zero-order valence-electron chi connectivity index (χ0n) is 19.2. The van der Waals surface area contributed by atoms with E-state index < -0.39 is 0 Å². The van der Waals surface area contributed by atoms with E-state index in [1.807, 2.05) is 29.1 Å². The number of ether oxygens (including phenoxy) is 1. The van der Waals surface area contributed by atoms with Crippen molar-refractivity contribution in [2.45, 2.75) is 19.3 Å². The molecule has 1 N–H and O–H groups in total. The maximum Gasteiger partial charge on any atom is 0.272 e. The summed E-state index contributed by atoms with van der Waals surface area (Å²) < 4.78 is 7.39. The molecule has 174 valence electrons. The van der Waals surface area contributed by atoms with Gasteiger partial charge in [0.15, 0.2) is 5.65 Å². The van der Waals surface area contributed by atoms with E-state index in [1.165, 1.54) is 6.42 Å². The summed E-state index contributed by atoms with van der Waals surface area (Å²) in [5.41, 5.74) is 2.41. The van der Waals surface area contributed by atoms with Crippen LogP contribution in [0, 0.1) is 0 Å². The van der Waals surface area contributed by atoms with Gasteiger partial charge in [0.1, 0.15) is 11.5 Å². The largest absolute Gasteiger partial charge is 0.378 e. The summed E-state index contributed by atoms with van der Waals surface area (Å²) in [5.74, 6) is 1.08. The molecule has 1 amide bonds. The highest BCUT2D eigenvalue weighted by atomic mass is 16.5. The van der Waals surface area contributed by atoms with E-state index >= 15 is 0 Å². The second-order valence-electron chi connectivity index (χ2n) is 8.65. The summed E-state index contributed by atoms with van der Waals surface area (Å²) in [6.45, 7) is 5.01. The van der Waals surface area contributed by atoms with Gasteiger partial charge >= 0.3 is 0 Å². The summed E-state index contributed by atoms with van der Waals surface area (Å²) in [6, 6.07) is 5.86. The van der Waals surface area contributed by atoms with Crippen LogP contribution in [0.4, 0.5) is 17.5 Å². The van der Waals surface area contributed by atoms with Gasteiger partial charge in [-0.15, -0.1) is 0 Å². The summed E-state index contributed by atoms with van der Waals surface area (Å²) in [4.78, 5) is 30.6. The van der Waals surface area contributed by atoms with Crippen LogP contribution in [0.3, 0.4) is 0 Å². The van der Waals surface area contributed by atoms with Crippen molar-refractivity contribution in [3.63, 3.8) is 0 Å². The molecule has 33 heavy (non-hydrogen) atoms. The van der Waals surface area contributed by atoms with E-state index in [1.54, 1.807) is 25.2 Å².